The fraction of sp³-hybridized carbons (Fsp3) is 0.455. The fourth-order valence-corrected chi connectivity index (χ4v) is 1.33. The predicted molar refractivity (Wildman–Crippen MR) is 54.7 cm³/mol. The van der Waals surface area contributed by atoms with Gasteiger partial charge in [-0.2, -0.15) is 0 Å². The van der Waals surface area contributed by atoms with Crippen LogP contribution in [0, 0.1) is 6.92 Å². The van der Waals surface area contributed by atoms with Gasteiger partial charge in [-0.15, -0.1) is 0 Å². The third kappa shape index (κ3) is 2.46. The average molecular weight is 179 g/mol. The first-order valence-corrected chi connectivity index (χ1v) is 4.70. The molecule has 0 spiro atoms. The summed E-state index contributed by atoms with van der Waals surface area (Å²) in [6.07, 6.45) is 2.03. The first-order valence-electron chi connectivity index (χ1n) is 4.70. The molecule has 0 saturated carbocycles. The zero-order valence-corrected chi connectivity index (χ0v) is 8.25. The molecule has 2 heteroatoms. The molecule has 0 amide bonds. The topological polar surface area (TPSA) is 46.2 Å². The number of hydrogen-bond donors (Lipinski definition) is 2. The van der Waals surface area contributed by atoms with Crippen LogP contribution in [-0.2, 0) is 0 Å². The van der Waals surface area contributed by atoms with Gasteiger partial charge in [-0.05, 0) is 30.5 Å². The van der Waals surface area contributed by atoms with Crippen LogP contribution < -0.4 is 5.73 Å². The Bertz CT molecular complexity index is 283. The highest BCUT2D eigenvalue weighted by atomic mass is 16.3. The second kappa shape index (κ2) is 4.28. The standard InChI is InChI=1S/C11H17NO/c1-3-4-10(12)9-6-5-8(2)11(13)7-9/h5-7,10,13H,3-4,12H2,1-2H3/t10-/m0/s1. The SMILES string of the molecule is CCC[C@H](N)c1ccc(C)c(O)c1. The number of phenolic OH excluding ortho intramolecular Hbond substituents is 1. The van der Waals surface area contributed by atoms with Crippen molar-refractivity contribution in [1.82, 2.24) is 0 Å². The van der Waals surface area contributed by atoms with E-state index >= 15 is 0 Å². The number of hydrogen-bond acceptors (Lipinski definition) is 2. The normalized spacial score (nSPS) is 12.8. The van der Waals surface area contributed by atoms with Crippen LogP contribution in [0.15, 0.2) is 18.2 Å². The highest BCUT2D eigenvalue weighted by molar-refractivity contribution is 5.36. The summed E-state index contributed by atoms with van der Waals surface area (Å²) < 4.78 is 0. The van der Waals surface area contributed by atoms with E-state index in [-0.39, 0.29) is 6.04 Å². The molecule has 0 aliphatic rings. The Morgan fingerprint density at radius 3 is 2.69 bits per heavy atom. The Morgan fingerprint density at radius 1 is 1.46 bits per heavy atom. The molecule has 72 valence electrons. The summed E-state index contributed by atoms with van der Waals surface area (Å²) >= 11 is 0. The summed E-state index contributed by atoms with van der Waals surface area (Å²) in [5.41, 5.74) is 7.83. The maximum atomic E-state index is 9.46. The highest BCUT2D eigenvalue weighted by Crippen LogP contribution is 2.22. The van der Waals surface area contributed by atoms with Crippen LogP contribution in [0.5, 0.6) is 5.75 Å². The molecule has 0 saturated heterocycles. The molecule has 13 heavy (non-hydrogen) atoms. The van der Waals surface area contributed by atoms with E-state index in [0.717, 1.165) is 24.0 Å². The van der Waals surface area contributed by atoms with Crippen molar-refractivity contribution in [2.24, 2.45) is 5.73 Å². The Labute approximate surface area is 79.4 Å². The molecule has 1 aromatic carbocycles. The van der Waals surface area contributed by atoms with Gasteiger partial charge in [-0.25, -0.2) is 0 Å². The molecule has 1 rings (SSSR count). The van der Waals surface area contributed by atoms with Gasteiger partial charge in [0.05, 0.1) is 0 Å². The molecule has 0 aromatic heterocycles. The molecule has 0 aliphatic carbocycles. The lowest BCUT2D eigenvalue weighted by atomic mass is 10.0. The molecule has 0 heterocycles. The van der Waals surface area contributed by atoms with Crippen molar-refractivity contribution in [3.05, 3.63) is 29.3 Å². The number of phenols is 1. The lowest BCUT2D eigenvalue weighted by molar-refractivity contribution is 0.469. The second-order valence-corrected chi connectivity index (χ2v) is 3.44. The fourth-order valence-electron chi connectivity index (χ4n) is 1.33. The zero-order chi connectivity index (χ0) is 9.84. The summed E-state index contributed by atoms with van der Waals surface area (Å²) in [6.45, 7) is 3.98. The average Bonchev–Trinajstić information content (AvgIpc) is 2.10. The minimum absolute atomic E-state index is 0.0523. The number of rotatable bonds is 3. The maximum Gasteiger partial charge on any atom is 0.118 e. The lowest BCUT2D eigenvalue weighted by Gasteiger charge is -2.11. The minimum Gasteiger partial charge on any atom is -0.508 e. The van der Waals surface area contributed by atoms with Gasteiger partial charge in [0.2, 0.25) is 0 Å². The van der Waals surface area contributed by atoms with Gasteiger partial charge in [0.15, 0.2) is 0 Å². The van der Waals surface area contributed by atoms with Crippen LogP contribution in [0.25, 0.3) is 0 Å². The highest BCUT2D eigenvalue weighted by Gasteiger charge is 2.06. The van der Waals surface area contributed by atoms with Crippen LogP contribution in [0.1, 0.15) is 36.9 Å². The first kappa shape index (κ1) is 10.1. The third-order valence-electron chi connectivity index (χ3n) is 2.26. The second-order valence-electron chi connectivity index (χ2n) is 3.44. The van der Waals surface area contributed by atoms with Crippen molar-refractivity contribution in [3.8, 4) is 5.75 Å². The van der Waals surface area contributed by atoms with Gasteiger partial charge in [-0.1, -0.05) is 25.5 Å². The monoisotopic (exact) mass is 179 g/mol. The molecule has 1 atom stereocenters. The Kier molecular flexibility index (Phi) is 3.32. The van der Waals surface area contributed by atoms with Gasteiger partial charge >= 0.3 is 0 Å². The van der Waals surface area contributed by atoms with Crippen molar-refractivity contribution in [3.63, 3.8) is 0 Å². The van der Waals surface area contributed by atoms with Crippen molar-refractivity contribution in [2.45, 2.75) is 32.7 Å². The Balaban J connectivity index is 2.84. The van der Waals surface area contributed by atoms with Gasteiger partial charge in [0.25, 0.3) is 0 Å². The smallest absolute Gasteiger partial charge is 0.118 e. The van der Waals surface area contributed by atoms with Crippen molar-refractivity contribution < 1.29 is 5.11 Å². The molecule has 2 nitrogen and oxygen atoms in total. The molecule has 0 unspecified atom stereocenters. The molecule has 0 radical (unpaired) electrons. The van der Waals surface area contributed by atoms with E-state index in [1.165, 1.54) is 0 Å². The Hall–Kier alpha value is -1.02. The first-order chi connectivity index (χ1) is 6.15. The van der Waals surface area contributed by atoms with E-state index in [2.05, 4.69) is 6.92 Å². The molecule has 0 bridgehead atoms. The maximum absolute atomic E-state index is 9.46. The molecule has 0 aliphatic heterocycles. The quantitative estimate of drug-likeness (QED) is 0.748. The van der Waals surface area contributed by atoms with Crippen LogP contribution in [0.3, 0.4) is 0 Å². The number of benzene rings is 1. The molecule has 1 aromatic rings. The zero-order valence-electron chi connectivity index (χ0n) is 8.25. The van der Waals surface area contributed by atoms with Crippen molar-refractivity contribution in [2.75, 3.05) is 0 Å². The largest absolute Gasteiger partial charge is 0.508 e. The van der Waals surface area contributed by atoms with E-state index in [9.17, 15) is 5.11 Å². The van der Waals surface area contributed by atoms with Gasteiger partial charge in [0.1, 0.15) is 5.75 Å². The molecular formula is C11H17NO. The number of aryl methyl sites for hydroxylation is 1. The van der Waals surface area contributed by atoms with Crippen molar-refractivity contribution >= 4 is 0 Å². The van der Waals surface area contributed by atoms with Crippen LogP contribution in [0.4, 0.5) is 0 Å². The summed E-state index contributed by atoms with van der Waals surface area (Å²) in [4.78, 5) is 0. The number of aromatic hydroxyl groups is 1. The molecular weight excluding hydrogens is 162 g/mol. The van der Waals surface area contributed by atoms with E-state index in [4.69, 9.17) is 5.73 Å². The Morgan fingerprint density at radius 2 is 2.15 bits per heavy atom. The van der Waals surface area contributed by atoms with Crippen LogP contribution >= 0.6 is 0 Å². The van der Waals surface area contributed by atoms with Gasteiger partial charge in [0, 0.05) is 6.04 Å². The van der Waals surface area contributed by atoms with Crippen LogP contribution in [0.2, 0.25) is 0 Å². The lowest BCUT2D eigenvalue weighted by Crippen LogP contribution is -2.09. The summed E-state index contributed by atoms with van der Waals surface area (Å²) in [7, 11) is 0. The molecule has 0 fully saturated rings. The van der Waals surface area contributed by atoms with E-state index in [1.807, 2.05) is 19.1 Å². The summed E-state index contributed by atoms with van der Waals surface area (Å²) in [6, 6.07) is 5.70. The minimum atomic E-state index is 0.0523. The molecule has 3 N–H and O–H groups in total. The van der Waals surface area contributed by atoms with Crippen molar-refractivity contribution in [1.29, 1.82) is 0 Å². The summed E-state index contributed by atoms with van der Waals surface area (Å²) in [5.74, 6) is 0.337. The van der Waals surface area contributed by atoms with Gasteiger partial charge < -0.3 is 10.8 Å². The van der Waals surface area contributed by atoms with E-state index < -0.39 is 0 Å². The van der Waals surface area contributed by atoms with E-state index in [0.29, 0.717) is 5.75 Å². The van der Waals surface area contributed by atoms with E-state index in [1.54, 1.807) is 6.07 Å². The number of nitrogens with two attached hydrogens (primary N) is 1. The third-order valence-corrected chi connectivity index (χ3v) is 2.26. The predicted octanol–water partition coefficient (Wildman–Crippen LogP) is 2.50. The van der Waals surface area contributed by atoms with Crippen LogP contribution in [-0.4, -0.2) is 5.11 Å². The van der Waals surface area contributed by atoms with Gasteiger partial charge in [-0.3, -0.25) is 0 Å². The summed E-state index contributed by atoms with van der Waals surface area (Å²) in [5, 5.41) is 9.46.